The number of thiophene rings is 1. The van der Waals surface area contributed by atoms with Crippen molar-refractivity contribution < 1.29 is 14.3 Å². The lowest BCUT2D eigenvalue weighted by molar-refractivity contribution is -0.151. The van der Waals surface area contributed by atoms with Gasteiger partial charge in [0.1, 0.15) is 23.2 Å². The van der Waals surface area contributed by atoms with Gasteiger partial charge in [0.25, 0.3) is 5.56 Å². The molecule has 6 nitrogen and oxygen atoms in total. The van der Waals surface area contributed by atoms with E-state index in [4.69, 9.17) is 9.47 Å². The van der Waals surface area contributed by atoms with Gasteiger partial charge in [-0.2, -0.15) is 0 Å². The zero-order chi connectivity index (χ0) is 20.2. The fourth-order valence-corrected chi connectivity index (χ4v) is 4.64. The van der Waals surface area contributed by atoms with Crippen LogP contribution in [0.1, 0.15) is 39.0 Å². The molecule has 0 amide bonds. The van der Waals surface area contributed by atoms with Crippen LogP contribution in [-0.2, 0) is 16.1 Å². The molecule has 2 heterocycles. The Balaban J connectivity index is 1.58. The third kappa shape index (κ3) is 4.34. The summed E-state index contributed by atoms with van der Waals surface area (Å²) < 4.78 is 12.4. The predicted octanol–water partition coefficient (Wildman–Crippen LogP) is 4.40. The summed E-state index contributed by atoms with van der Waals surface area (Å²) in [6, 6.07) is 7.64. The van der Waals surface area contributed by atoms with E-state index in [-0.39, 0.29) is 24.2 Å². The lowest BCUT2D eigenvalue weighted by Crippen LogP contribution is -2.28. The number of benzene rings is 1. The highest BCUT2D eigenvalue weighted by Crippen LogP contribution is 2.31. The molecule has 0 saturated heterocycles. The van der Waals surface area contributed by atoms with Gasteiger partial charge in [0.15, 0.2) is 0 Å². The predicted molar refractivity (Wildman–Crippen MR) is 113 cm³/mol. The molecular formula is C22H24N2O4S. The SMILES string of the molecule is CCOc1ccc(-c2csc3ncn(CC(=O)OC4CCCCC4)c(=O)c23)cc1. The lowest BCUT2D eigenvalue weighted by atomic mass is 9.98. The summed E-state index contributed by atoms with van der Waals surface area (Å²) in [4.78, 5) is 30.5. The Labute approximate surface area is 173 Å². The number of ether oxygens (including phenoxy) is 2. The number of fused-ring (bicyclic) bond motifs is 1. The third-order valence-electron chi connectivity index (χ3n) is 5.19. The van der Waals surface area contributed by atoms with Crippen molar-refractivity contribution in [3.05, 3.63) is 46.3 Å². The number of nitrogens with zero attached hydrogens (tertiary/aromatic N) is 2. The molecule has 7 heteroatoms. The van der Waals surface area contributed by atoms with Crippen molar-refractivity contribution in [1.82, 2.24) is 9.55 Å². The van der Waals surface area contributed by atoms with Gasteiger partial charge in [-0.3, -0.25) is 14.2 Å². The molecule has 1 saturated carbocycles. The van der Waals surface area contributed by atoms with Crippen LogP contribution in [0.5, 0.6) is 5.75 Å². The van der Waals surface area contributed by atoms with Gasteiger partial charge in [0, 0.05) is 10.9 Å². The Morgan fingerprint density at radius 3 is 2.69 bits per heavy atom. The monoisotopic (exact) mass is 412 g/mol. The van der Waals surface area contributed by atoms with Crippen LogP contribution >= 0.6 is 11.3 Å². The van der Waals surface area contributed by atoms with Crippen LogP contribution in [0.15, 0.2) is 40.8 Å². The molecule has 3 aromatic rings. The van der Waals surface area contributed by atoms with Crippen LogP contribution in [0, 0.1) is 0 Å². The van der Waals surface area contributed by atoms with Crippen LogP contribution in [0.25, 0.3) is 21.3 Å². The molecule has 1 aliphatic rings. The standard InChI is InChI=1S/C22H24N2O4S/c1-2-27-16-10-8-15(9-11-16)18-13-29-21-20(18)22(26)24(14-23-21)12-19(25)28-17-6-4-3-5-7-17/h8-11,13-14,17H,2-7,12H2,1H3. The number of esters is 1. The summed E-state index contributed by atoms with van der Waals surface area (Å²) >= 11 is 1.42. The number of hydrogen-bond donors (Lipinski definition) is 0. The fraction of sp³-hybridized carbons (Fsp3) is 0.409. The van der Waals surface area contributed by atoms with E-state index in [1.165, 1.54) is 28.7 Å². The Morgan fingerprint density at radius 1 is 1.21 bits per heavy atom. The third-order valence-corrected chi connectivity index (χ3v) is 6.07. The molecule has 1 fully saturated rings. The normalized spacial score (nSPS) is 14.8. The number of rotatable bonds is 6. The van der Waals surface area contributed by atoms with Crippen molar-refractivity contribution in [3.8, 4) is 16.9 Å². The number of aromatic nitrogens is 2. The van der Waals surface area contributed by atoms with E-state index in [0.29, 0.717) is 16.8 Å². The van der Waals surface area contributed by atoms with Crippen molar-refractivity contribution in [2.75, 3.05) is 6.61 Å². The second kappa shape index (κ2) is 8.78. The second-order valence-corrected chi connectivity index (χ2v) is 8.07. The molecular weight excluding hydrogens is 388 g/mol. The molecule has 0 radical (unpaired) electrons. The molecule has 0 spiro atoms. The Hall–Kier alpha value is -2.67. The number of carbonyl (C=O) groups is 1. The van der Waals surface area contributed by atoms with Gasteiger partial charge in [-0.25, -0.2) is 4.98 Å². The highest BCUT2D eigenvalue weighted by atomic mass is 32.1. The minimum absolute atomic E-state index is 0.0239. The first-order chi connectivity index (χ1) is 14.2. The van der Waals surface area contributed by atoms with Crippen molar-refractivity contribution in [3.63, 3.8) is 0 Å². The van der Waals surface area contributed by atoms with Crippen LogP contribution in [0.2, 0.25) is 0 Å². The summed E-state index contributed by atoms with van der Waals surface area (Å²) in [5, 5.41) is 2.46. The smallest absolute Gasteiger partial charge is 0.326 e. The minimum Gasteiger partial charge on any atom is -0.494 e. The fourth-order valence-electron chi connectivity index (χ4n) is 3.74. The molecule has 0 atom stereocenters. The summed E-state index contributed by atoms with van der Waals surface area (Å²) in [6.45, 7) is 2.43. The van der Waals surface area contributed by atoms with Gasteiger partial charge in [0.2, 0.25) is 0 Å². The average Bonchev–Trinajstić information content (AvgIpc) is 3.17. The largest absolute Gasteiger partial charge is 0.494 e. The van der Waals surface area contributed by atoms with Crippen LogP contribution in [0.3, 0.4) is 0 Å². The van der Waals surface area contributed by atoms with Gasteiger partial charge in [-0.1, -0.05) is 18.6 Å². The number of hydrogen-bond acceptors (Lipinski definition) is 6. The number of carbonyl (C=O) groups excluding carboxylic acids is 1. The second-order valence-electron chi connectivity index (χ2n) is 7.21. The molecule has 0 aliphatic heterocycles. The maximum Gasteiger partial charge on any atom is 0.326 e. The van der Waals surface area contributed by atoms with Crippen molar-refractivity contribution in [2.45, 2.75) is 51.7 Å². The van der Waals surface area contributed by atoms with E-state index in [9.17, 15) is 9.59 Å². The molecule has 0 bridgehead atoms. The Bertz CT molecular complexity index is 1050. The van der Waals surface area contributed by atoms with Crippen LogP contribution < -0.4 is 10.3 Å². The van der Waals surface area contributed by atoms with Gasteiger partial charge >= 0.3 is 5.97 Å². The van der Waals surface area contributed by atoms with Gasteiger partial charge < -0.3 is 9.47 Å². The summed E-state index contributed by atoms with van der Waals surface area (Å²) in [5.74, 6) is 0.412. The van der Waals surface area contributed by atoms with E-state index < -0.39 is 0 Å². The topological polar surface area (TPSA) is 70.4 Å². The first kappa shape index (κ1) is 19.6. The Kier molecular flexibility index (Phi) is 5.94. The van der Waals surface area contributed by atoms with Gasteiger partial charge in [-0.15, -0.1) is 11.3 Å². The van der Waals surface area contributed by atoms with E-state index >= 15 is 0 Å². The van der Waals surface area contributed by atoms with Crippen molar-refractivity contribution in [2.24, 2.45) is 0 Å². The molecule has 2 aromatic heterocycles. The van der Waals surface area contributed by atoms with Gasteiger partial charge in [-0.05, 0) is 50.3 Å². The zero-order valence-electron chi connectivity index (χ0n) is 16.4. The molecule has 1 aliphatic carbocycles. The first-order valence-corrected chi connectivity index (χ1v) is 10.9. The van der Waals surface area contributed by atoms with E-state index in [1.807, 2.05) is 36.6 Å². The summed E-state index contributed by atoms with van der Waals surface area (Å²) in [5.41, 5.74) is 1.52. The zero-order valence-corrected chi connectivity index (χ0v) is 17.2. The molecule has 0 N–H and O–H groups in total. The highest BCUT2D eigenvalue weighted by Gasteiger charge is 2.19. The van der Waals surface area contributed by atoms with Crippen molar-refractivity contribution in [1.29, 1.82) is 0 Å². The molecule has 0 unspecified atom stereocenters. The average molecular weight is 413 g/mol. The summed E-state index contributed by atoms with van der Waals surface area (Å²) in [7, 11) is 0. The molecule has 1 aromatic carbocycles. The van der Waals surface area contributed by atoms with Crippen molar-refractivity contribution >= 4 is 27.5 Å². The van der Waals surface area contributed by atoms with Crippen LogP contribution in [-0.4, -0.2) is 28.2 Å². The maximum atomic E-state index is 13.1. The minimum atomic E-state index is -0.377. The summed E-state index contributed by atoms with van der Waals surface area (Å²) in [6.07, 6.45) is 6.60. The highest BCUT2D eigenvalue weighted by molar-refractivity contribution is 7.17. The first-order valence-electron chi connectivity index (χ1n) is 10.0. The van der Waals surface area contributed by atoms with Gasteiger partial charge in [0.05, 0.1) is 18.3 Å². The van der Waals surface area contributed by atoms with E-state index in [0.717, 1.165) is 42.6 Å². The van der Waals surface area contributed by atoms with Crippen LogP contribution in [0.4, 0.5) is 0 Å². The molecule has 152 valence electrons. The molecule has 29 heavy (non-hydrogen) atoms. The van der Waals surface area contributed by atoms with E-state index in [2.05, 4.69) is 4.98 Å². The molecule has 4 rings (SSSR count). The maximum absolute atomic E-state index is 13.1. The Morgan fingerprint density at radius 2 is 1.97 bits per heavy atom. The lowest BCUT2D eigenvalue weighted by Gasteiger charge is -2.21. The quantitative estimate of drug-likeness (QED) is 0.561. The van der Waals surface area contributed by atoms with E-state index in [1.54, 1.807) is 0 Å².